The molecule has 0 unspecified atom stereocenters. The van der Waals surface area contributed by atoms with Crippen LogP contribution in [0.1, 0.15) is 29.7 Å². The molecule has 1 aliphatic carbocycles. The van der Waals surface area contributed by atoms with E-state index in [2.05, 4.69) is 28.6 Å². The van der Waals surface area contributed by atoms with Gasteiger partial charge in [-0.05, 0) is 67.8 Å². The van der Waals surface area contributed by atoms with E-state index in [1.54, 1.807) is 12.1 Å². The van der Waals surface area contributed by atoms with Crippen molar-refractivity contribution < 1.29 is 4.39 Å². The fourth-order valence-corrected chi connectivity index (χ4v) is 4.69. The Labute approximate surface area is 158 Å². The molecular formula is C22H22ClFN2. The summed E-state index contributed by atoms with van der Waals surface area (Å²) in [6, 6.07) is 13.4. The highest BCUT2D eigenvalue weighted by atomic mass is 35.5. The lowest BCUT2D eigenvalue weighted by Crippen LogP contribution is -2.29. The zero-order valence-corrected chi connectivity index (χ0v) is 15.7. The van der Waals surface area contributed by atoms with E-state index in [0.717, 1.165) is 43.9 Å². The lowest BCUT2D eigenvalue weighted by Gasteiger charge is -2.26. The average molecular weight is 369 g/mol. The minimum absolute atomic E-state index is 0.142. The van der Waals surface area contributed by atoms with Crippen LogP contribution in [0.25, 0.3) is 10.9 Å². The monoisotopic (exact) mass is 368 g/mol. The molecule has 2 heterocycles. The van der Waals surface area contributed by atoms with Crippen LogP contribution >= 0.6 is 11.6 Å². The van der Waals surface area contributed by atoms with Gasteiger partial charge in [0.05, 0.1) is 0 Å². The molecule has 134 valence electrons. The molecule has 0 radical (unpaired) electrons. The number of rotatable bonds is 3. The van der Waals surface area contributed by atoms with Gasteiger partial charge in [-0.1, -0.05) is 23.7 Å². The summed E-state index contributed by atoms with van der Waals surface area (Å²) in [5.41, 5.74) is 5.55. The molecular weight excluding hydrogens is 347 g/mol. The first-order valence-electron chi connectivity index (χ1n) is 9.30. The van der Waals surface area contributed by atoms with E-state index in [1.807, 2.05) is 18.2 Å². The number of likely N-dealkylation sites (N-methyl/N-ethyl adjacent to an activating group) is 1. The molecule has 1 fully saturated rings. The van der Waals surface area contributed by atoms with Gasteiger partial charge in [-0.2, -0.15) is 0 Å². The molecule has 4 heteroatoms. The molecule has 26 heavy (non-hydrogen) atoms. The number of hydrogen-bond acceptors (Lipinski definition) is 1. The van der Waals surface area contributed by atoms with Gasteiger partial charge in [-0.15, -0.1) is 0 Å². The molecule has 3 aromatic rings. The van der Waals surface area contributed by atoms with Crippen LogP contribution in [0.5, 0.6) is 0 Å². The van der Waals surface area contributed by atoms with E-state index in [9.17, 15) is 4.39 Å². The lowest BCUT2D eigenvalue weighted by molar-refractivity contribution is 0.301. The first-order chi connectivity index (χ1) is 12.6. The van der Waals surface area contributed by atoms with Gasteiger partial charge in [0, 0.05) is 46.7 Å². The van der Waals surface area contributed by atoms with Crippen molar-refractivity contribution in [2.45, 2.75) is 37.8 Å². The highest BCUT2D eigenvalue weighted by Gasteiger charge is 2.45. The molecule has 1 saturated carbocycles. The van der Waals surface area contributed by atoms with Gasteiger partial charge < -0.3 is 9.47 Å². The Morgan fingerprint density at radius 1 is 1.12 bits per heavy atom. The third-order valence-corrected chi connectivity index (χ3v) is 6.42. The molecule has 2 aromatic carbocycles. The largest absolute Gasteiger partial charge is 0.342 e. The van der Waals surface area contributed by atoms with E-state index in [0.29, 0.717) is 0 Å². The topological polar surface area (TPSA) is 8.17 Å². The fourth-order valence-electron chi connectivity index (χ4n) is 4.52. The van der Waals surface area contributed by atoms with Crippen LogP contribution in [0.3, 0.4) is 0 Å². The van der Waals surface area contributed by atoms with E-state index in [4.69, 9.17) is 11.6 Å². The van der Waals surface area contributed by atoms with Crippen molar-refractivity contribution in [3.63, 3.8) is 0 Å². The van der Waals surface area contributed by atoms with Gasteiger partial charge in [0.15, 0.2) is 0 Å². The van der Waals surface area contributed by atoms with Crippen molar-refractivity contribution in [3.05, 3.63) is 70.1 Å². The summed E-state index contributed by atoms with van der Waals surface area (Å²) in [7, 11) is 2.19. The molecule has 0 saturated heterocycles. The Kier molecular flexibility index (Phi) is 3.67. The number of aromatic nitrogens is 1. The van der Waals surface area contributed by atoms with Gasteiger partial charge >= 0.3 is 0 Å². The fraction of sp³-hybridized carbons (Fsp3) is 0.364. The summed E-state index contributed by atoms with van der Waals surface area (Å²) < 4.78 is 15.9. The minimum atomic E-state index is -0.162. The Morgan fingerprint density at radius 3 is 2.62 bits per heavy atom. The molecule has 0 bridgehead atoms. The third-order valence-electron chi connectivity index (χ3n) is 6.18. The highest BCUT2D eigenvalue weighted by molar-refractivity contribution is 6.31. The highest BCUT2D eigenvalue weighted by Crippen LogP contribution is 2.50. The van der Waals surface area contributed by atoms with Crippen molar-refractivity contribution in [1.82, 2.24) is 9.47 Å². The van der Waals surface area contributed by atoms with Crippen molar-refractivity contribution in [3.8, 4) is 0 Å². The van der Waals surface area contributed by atoms with Gasteiger partial charge in [0.2, 0.25) is 0 Å². The van der Waals surface area contributed by atoms with E-state index in [1.165, 1.54) is 27.7 Å². The second kappa shape index (κ2) is 5.83. The van der Waals surface area contributed by atoms with Crippen LogP contribution in [0, 0.1) is 5.82 Å². The maximum atomic E-state index is 13.4. The summed E-state index contributed by atoms with van der Waals surface area (Å²) in [6.07, 6.45) is 3.40. The second-order valence-corrected chi connectivity index (χ2v) is 8.38. The van der Waals surface area contributed by atoms with Crippen molar-refractivity contribution in [2.75, 3.05) is 13.6 Å². The third kappa shape index (κ3) is 2.57. The Hall–Kier alpha value is -1.84. The minimum Gasteiger partial charge on any atom is -0.342 e. The SMILES string of the molecule is CN1CCc2c(n(CC3(c4ccc(F)cc4)CC3)c3ccc(Cl)cc23)C1. The van der Waals surface area contributed by atoms with Crippen LogP contribution in [0.2, 0.25) is 5.02 Å². The first kappa shape index (κ1) is 16.3. The van der Waals surface area contributed by atoms with Gasteiger partial charge in [-0.25, -0.2) is 4.39 Å². The molecule has 5 rings (SSSR count). The van der Waals surface area contributed by atoms with E-state index < -0.39 is 0 Å². The molecule has 0 amide bonds. The molecule has 0 atom stereocenters. The number of benzene rings is 2. The predicted molar refractivity (Wildman–Crippen MR) is 104 cm³/mol. The lowest BCUT2D eigenvalue weighted by atomic mass is 9.95. The van der Waals surface area contributed by atoms with Gasteiger partial charge in [0.25, 0.3) is 0 Å². The van der Waals surface area contributed by atoms with Crippen LogP contribution in [-0.2, 0) is 24.9 Å². The normalized spacial score (nSPS) is 18.9. The van der Waals surface area contributed by atoms with Gasteiger partial charge in [0.1, 0.15) is 5.82 Å². The Bertz CT molecular complexity index is 986. The van der Waals surface area contributed by atoms with E-state index >= 15 is 0 Å². The summed E-state index contributed by atoms with van der Waals surface area (Å²) >= 11 is 6.30. The standard InChI is InChI=1S/C22H22ClFN2/c1-25-11-8-18-19-12-16(23)4-7-20(19)26(21(18)13-25)14-22(9-10-22)15-2-5-17(24)6-3-15/h2-7,12H,8-11,13-14H2,1H3. The van der Waals surface area contributed by atoms with Crippen molar-refractivity contribution >= 4 is 22.5 Å². The second-order valence-electron chi connectivity index (χ2n) is 7.95. The Balaban J connectivity index is 1.63. The van der Waals surface area contributed by atoms with E-state index in [-0.39, 0.29) is 11.2 Å². The van der Waals surface area contributed by atoms with Crippen molar-refractivity contribution in [1.29, 1.82) is 0 Å². The summed E-state index contributed by atoms with van der Waals surface area (Å²) in [6.45, 7) is 3.02. The zero-order valence-electron chi connectivity index (χ0n) is 14.9. The Morgan fingerprint density at radius 2 is 1.88 bits per heavy atom. The molecule has 1 aromatic heterocycles. The zero-order chi connectivity index (χ0) is 17.9. The molecule has 2 nitrogen and oxygen atoms in total. The van der Waals surface area contributed by atoms with Gasteiger partial charge in [-0.3, -0.25) is 0 Å². The smallest absolute Gasteiger partial charge is 0.123 e. The quantitative estimate of drug-likeness (QED) is 0.620. The maximum Gasteiger partial charge on any atom is 0.123 e. The molecule has 0 N–H and O–H groups in total. The predicted octanol–water partition coefficient (Wildman–Crippen LogP) is 5.15. The van der Waals surface area contributed by atoms with Crippen LogP contribution < -0.4 is 0 Å². The van der Waals surface area contributed by atoms with Crippen LogP contribution in [0.15, 0.2) is 42.5 Å². The average Bonchev–Trinajstić information content (AvgIpc) is 3.35. The molecule has 0 spiro atoms. The first-order valence-corrected chi connectivity index (χ1v) is 9.68. The summed E-state index contributed by atoms with van der Waals surface area (Å²) in [5.74, 6) is -0.162. The molecule has 1 aliphatic heterocycles. The molecule has 2 aliphatic rings. The number of hydrogen-bond donors (Lipinski definition) is 0. The maximum absolute atomic E-state index is 13.4. The summed E-state index contributed by atoms with van der Waals surface area (Å²) in [4.78, 5) is 2.39. The number of halogens is 2. The number of nitrogens with zero attached hydrogens (tertiary/aromatic N) is 2. The number of fused-ring (bicyclic) bond motifs is 3. The van der Waals surface area contributed by atoms with Crippen LogP contribution in [0.4, 0.5) is 4.39 Å². The van der Waals surface area contributed by atoms with Crippen molar-refractivity contribution in [2.24, 2.45) is 0 Å². The summed E-state index contributed by atoms with van der Waals surface area (Å²) in [5, 5.41) is 2.10. The van der Waals surface area contributed by atoms with Crippen LogP contribution in [-0.4, -0.2) is 23.1 Å².